The van der Waals surface area contributed by atoms with Gasteiger partial charge in [0.2, 0.25) is 11.8 Å². The Hall–Kier alpha value is -3.35. The minimum absolute atomic E-state index is 0.00417. The highest BCUT2D eigenvalue weighted by atomic mass is 16.5. The molecule has 1 aliphatic rings. The van der Waals surface area contributed by atoms with Gasteiger partial charge in [0, 0.05) is 18.7 Å². The number of benzene rings is 2. The number of para-hydroxylation sites is 1. The third kappa shape index (κ3) is 5.46. The third-order valence-corrected chi connectivity index (χ3v) is 5.65. The molecule has 3 rings (SSSR count). The second-order valence-electron chi connectivity index (χ2n) is 7.73. The SMILES string of the molecule is CCOC(=O)C[C@@H](NC(=O)[C@H]1CC(=O)N(c2ccccc2CC)C1)c1cccc(OC)c1. The van der Waals surface area contributed by atoms with E-state index in [4.69, 9.17) is 9.47 Å². The second-order valence-corrected chi connectivity index (χ2v) is 7.73. The van der Waals surface area contributed by atoms with Crippen LogP contribution in [-0.4, -0.2) is 38.0 Å². The lowest BCUT2D eigenvalue weighted by Gasteiger charge is -2.22. The standard InChI is InChI=1S/C25H30N2O5/c1-4-17-9-6-7-12-22(17)27-16-19(14-23(27)28)25(30)26-21(15-24(29)32-5-2)18-10-8-11-20(13-18)31-3/h6-13,19,21H,4-5,14-16H2,1-3H3,(H,26,30)/t19-,21+/m0/s1. The third-order valence-electron chi connectivity index (χ3n) is 5.65. The van der Waals surface area contributed by atoms with Crippen molar-refractivity contribution < 1.29 is 23.9 Å². The van der Waals surface area contributed by atoms with Crippen molar-refractivity contribution in [3.8, 4) is 5.75 Å². The molecule has 32 heavy (non-hydrogen) atoms. The van der Waals surface area contributed by atoms with Gasteiger partial charge < -0.3 is 19.7 Å². The highest BCUT2D eigenvalue weighted by Gasteiger charge is 2.36. The van der Waals surface area contributed by atoms with Crippen LogP contribution in [0.4, 0.5) is 5.69 Å². The summed E-state index contributed by atoms with van der Waals surface area (Å²) in [6, 6.07) is 14.4. The fourth-order valence-electron chi connectivity index (χ4n) is 3.98. The Morgan fingerprint density at radius 2 is 1.94 bits per heavy atom. The van der Waals surface area contributed by atoms with Crippen LogP contribution in [0, 0.1) is 5.92 Å². The number of hydrogen-bond acceptors (Lipinski definition) is 5. The van der Waals surface area contributed by atoms with Crippen LogP contribution in [0.1, 0.15) is 43.9 Å². The smallest absolute Gasteiger partial charge is 0.308 e. The van der Waals surface area contributed by atoms with E-state index in [1.54, 1.807) is 37.1 Å². The van der Waals surface area contributed by atoms with Crippen LogP contribution in [0.25, 0.3) is 0 Å². The minimum atomic E-state index is -0.580. The Balaban J connectivity index is 1.76. The number of amides is 2. The molecule has 7 nitrogen and oxygen atoms in total. The zero-order valence-electron chi connectivity index (χ0n) is 18.8. The number of ether oxygens (including phenoxy) is 2. The van der Waals surface area contributed by atoms with Crippen molar-refractivity contribution in [3.05, 3.63) is 59.7 Å². The van der Waals surface area contributed by atoms with Crippen molar-refractivity contribution in [1.29, 1.82) is 0 Å². The molecule has 170 valence electrons. The number of anilines is 1. The van der Waals surface area contributed by atoms with Crippen LogP contribution in [0.5, 0.6) is 5.75 Å². The molecular weight excluding hydrogens is 408 g/mol. The van der Waals surface area contributed by atoms with Crippen molar-refractivity contribution in [3.63, 3.8) is 0 Å². The number of nitrogens with zero attached hydrogens (tertiary/aromatic N) is 1. The van der Waals surface area contributed by atoms with E-state index in [9.17, 15) is 14.4 Å². The summed E-state index contributed by atoms with van der Waals surface area (Å²) in [5.41, 5.74) is 2.66. The largest absolute Gasteiger partial charge is 0.497 e. The molecule has 0 bridgehead atoms. The first-order valence-corrected chi connectivity index (χ1v) is 10.9. The van der Waals surface area contributed by atoms with E-state index >= 15 is 0 Å². The van der Waals surface area contributed by atoms with Crippen LogP contribution in [0.3, 0.4) is 0 Å². The van der Waals surface area contributed by atoms with Crippen molar-refractivity contribution in [2.45, 2.75) is 39.2 Å². The molecule has 0 unspecified atom stereocenters. The Kier molecular flexibility index (Phi) is 7.87. The minimum Gasteiger partial charge on any atom is -0.497 e. The lowest BCUT2D eigenvalue weighted by atomic mass is 10.0. The maximum absolute atomic E-state index is 13.1. The number of rotatable bonds is 9. The lowest BCUT2D eigenvalue weighted by Crippen LogP contribution is -2.36. The number of carbonyl (C=O) groups is 3. The Bertz CT molecular complexity index is 974. The average Bonchev–Trinajstić information content (AvgIpc) is 3.20. The lowest BCUT2D eigenvalue weighted by molar-refractivity contribution is -0.144. The van der Waals surface area contributed by atoms with Gasteiger partial charge in [0.1, 0.15) is 5.75 Å². The summed E-state index contributed by atoms with van der Waals surface area (Å²) < 4.78 is 10.4. The summed E-state index contributed by atoms with van der Waals surface area (Å²) >= 11 is 0. The molecule has 1 heterocycles. The van der Waals surface area contributed by atoms with Crippen molar-refractivity contribution >= 4 is 23.5 Å². The molecule has 1 N–H and O–H groups in total. The van der Waals surface area contributed by atoms with Gasteiger partial charge in [-0.15, -0.1) is 0 Å². The predicted molar refractivity (Wildman–Crippen MR) is 121 cm³/mol. The fourth-order valence-corrected chi connectivity index (χ4v) is 3.98. The average molecular weight is 439 g/mol. The van der Waals surface area contributed by atoms with E-state index in [0.717, 1.165) is 23.2 Å². The van der Waals surface area contributed by atoms with Crippen LogP contribution >= 0.6 is 0 Å². The van der Waals surface area contributed by atoms with Crippen LogP contribution < -0.4 is 15.0 Å². The predicted octanol–water partition coefficient (Wildman–Crippen LogP) is 3.42. The molecule has 2 aromatic rings. The quantitative estimate of drug-likeness (QED) is 0.607. The highest BCUT2D eigenvalue weighted by molar-refractivity contribution is 6.01. The topological polar surface area (TPSA) is 84.9 Å². The van der Waals surface area contributed by atoms with E-state index in [-0.39, 0.29) is 31.3 Å². The first-order chi connectivity index (χ1) is 15.5. The van der Waals surface area contributed by atoms with Gasteiger partial charge >= 0.3 is 5.97 Å². The molecule has 1 saturated heterocycles. The van der Waals surface area contributed by atoms with Crippen molar-refractivity contribution in [2.24, 2.45) is 5.92 Å². The van der Waals surface area contributed by atoms with Gasteiger partial charge in [-0.25, -0.2) is 0 Å². The molecule has 2 aromatic carbocycles. The highest BCUT2D eigenvalue weighted by Crippen LogP contribution is 2.30. The molecule has 1 fully saturated rings. The molecular formula is C25H30N2O5. The number of carbonyl (C=O) groups excluding carboxylic acids is 3. The van der Waals surface area contributed by atoms with E-state index < -0.39 is 17.9 Å². The Labute approximate surface area is 188 Å². The summed E-state index contributed by atoms with van der Waals surface area (Å²) in [7, 11) is 1.56. The number of methoxy groups -OCH3 is 1. The monoisotopic (exact) mass is 438 g/mol. The number of nitrogens with one attached hydrogen (secondary N) is 1. The van der Waals surface area contributed by atoms with Crippen LogP contribution in [-0.2, 0) is 25.5 Å². The fraction of sp³-hybridized carbons (Fsp3) is 0.400. The van der Waals surface area contributed by atoms with Crippen LogP contribution in [0.15, 0.2) is 48.5 Å². The van der Waals surface area contributed by atoms with Gasteiger partial charge in [0.15, 0.2) is 0 Å². The van der Waals surface area contributed by atoms with E-state index in [0.29, 0.717) is 12.3 Å². The molecule has 0 aromatic heterocycles. The van der Waals surface area contributed by atoms with Gasteiger partial charge in [-0.1, -0.05) is 37.3 Å². The Morgan fingerprint density at radius 1 is 1.16 bits per heavy atom. The summed E-state index contributed by atoms with van der Waals surface area (Å²) in [6.07, 6.45) is 0.929. The molecule has 2 amide bonds. The molecule has 7 heteroatoms. The molecule has 1 aliphatic heterocycles. The summed E-state index contributed by atoms with van der Waals surface area (Å²) in [5.74, 6) is -0.602. The summed E-state index contributed by atoms with van der Waals surface area (Å²) in [6.45, 7) is 4.36. The second kappa shape index (κ2) is 10.8. The molecule has 0 radical (unpaired) electrons. The summed E-state index contributed by atoms with van der Waals surface area (Å²) in [4.78, 5) is 39.7. The maximum atomic E-state index is 13.1. The zero-order chi connectivity index (χ0) is 23.1. The number of hydrogen-bond donors (Lipinski definition) is 1. The van der Waals surface area contributed by atoms with Gasteiger partial charge in [-0.2, -0.15) is 0 Å². The first-order valence-electron chi connectivity index (χ1n) is 10.9. The van der Waals surface area contributed by atoms with E-state index in [1.165, 1.54) is 0 Å². The van der Waals surface area contributed by atoms with Gasteiger partial charge in [-0.05, 0) is 42.7 Å². The number of aryl methyl sites for hydroxylation is 1. The van der Waals surface area contributed by atoms with Crippen molar-refractivity contribution in [2.75, 3.05) is 25.2 Å². The van der Waals surface area contributed by atoms with Crippen molar-refractivity contribution in [1.82, 2.24) is 5.32 Å². The maximum Gasteiger partial charge on any atom is 0.308 e. The molecule has 0 aliphatic carbocycles. The van der Waals surface area contributed by atoms with Gasteiger partial charge in [-0.3, -0.25) is 14.4 Å². The zero-order valence-corrected chi connectivity index (χ0v) is 18.8. The normalized spacial score (nSPS) is 16.5. The number of esters is 1. The Morgan fingerprint density at radius 3 is 2.66 bits per heavy atom. The summed E-state index contributed by atoms with van der Waals surface area (Å²) in [5, 5.41) is 2.96. The van der Waals surface area contributed by atoms with E-state index in [2.05, 4.69) is 5.32 Å². The first kappa shape index (κ1) is 23.3. The van der Waals surface area contributed by atoms with Crippen LogP contribution in [0.2, 0.25) is 0 Å². The molecule has 0 spiro atoms. The van der Waals surface area contributed by atoms with E-state index in [1.807, 2.05) is 37.3 Å². The van der Waals surface area contributed by atoms with Gasteiger partial charge in [0.05, 0.1) is 32.1 Å². The molecule has 2 atom stereocenters. The molecule has 0 saturated carbocycles. The van der Waals surface area contributed by atoms with Gasteiger partial charge in [0.25, 0.3) is 0 Å².